The van der Waals surface area contributed by atoms with Gasteiger partial charge in [-0.25, -0.2) is 0 Å². The van der Waals surface area contributed by atoms with Crippen molar-refractivity contribution < 1.29 is 23.8 Å². The van der Waals surface area contributed by atoms with E-state index in [4.69, 9.17) is 31.3 Å². The molecule has 8 nitrogen and oxygen atoms in total. The van der Waals surface area contributed by atoms with E-state index in [9.17, 15) is 4.79 Å². The van der Waals surface area contributed by atoms with Crippen LogP contribution in [0.2, 0.25) is 0 Å². The van der Waals surface area contributed by atoms with E-state index in [2.05, 4.69) is 15.8 Å². The van der Waals surface area contributed by atoms with Gasteiger partial charge >= 0.3 is 0 Å². The van der Waals surface area contributed by atoms with Crippen LogP contribution >= 0.6 is 12.2 Å². The second-order valence-electron chi connectivity index (χ2n) is 6.99. The summed E-state index contributed by atoms with van der Waals surface area (Å²) in [6.07, 6.45) is 0. The molecule has 0 radical (unpaired) electrons. The SMILES string of the molecule is COc1cc(C(=O)Nc2ccc(/C(C)=N/OC(=S)Nc3ccccc3)cc2)cc(OC)c1OC. The summed E-state index contributed by atoms with van der Waals surface area (Å²) in [5, 5.41) is 10.0. The predicted molar refractivity (Wildman–Crippen MR) is 136 cm³/mol. The fourth-order valence-electron chi connectivity index (χ4n) is 3.03. The molecular weight excluding hydrogens is 454 g/mol. The van der Waals surface area contributed by atoms with Crippen LogP contribution < -0.4 is 24.8 Å². The number of nitrogens with one attached hydrogen (secondary N) is 2. The third kappa shape index (κ3) is 6.23. The quantitative estimate of drug-likeness (QED) is 0.264. The number of hydrogen-bond donors (Lipinski definition) is 2. The molecule has 0 atom stereocenters. The minimum Gasteiger partial charge on any atom is -0.493 e. The average Bonchev–Trinajstić information content (AvgIpc) is 2.87. The molecule has 176 valence electrons. The van der Waals surface area contributed by atoms with Gasteiger partial charge in [-0.3, -0.25) is 4.79 Å². The molecule has 0 saturated carbocycles. The lowest BCUT2D eigenvalue weighted by Gasteiger charge is -2.14. The van der Waals surface area contributed by atoms with Crippen LogP contribution in [0.4, 0.5) is 11.4 Å². The first-order valence-corrected chi connectivity index (χ1v) is 10.7. The lowest BCUT2D eigenvalue weighted by molar-refractivity contribution is 0.102. The van der Waals surface area contributed by atoms with Crippen LogP contribution in [0, 0.1) is 0 Å². The van der Waals surface area contributed by atoms with Gasteiger partial charge in [0.2, 0.25) is 5.75 Å². The zero-order chi connectivity index (χ0) is 24.5. The minimum atomic E-state index is -0.321. The minimum absolute atomic E-state index is 0.139. The number of para-hydroxylation sites is 1. The molecule has 0 heterocycles. The van der Waals surface area contributed by atoms with E-state index in [1.807, 2.05) is 42.5 Å². The molecule has 9 heteroatoms. The van der Waals surface area contributed by atoms with Crippen molar-refractivity contribution in [1.29, 1.82) is 0 Å². The Labute approximate surface area is 203 Å². The summed E-state index contributed by atoms with van der Waals surface area (Å²) in [5.41, 5.74) is 3.22. The van der Waals surface area contributed by atoms with Gasteiger partial charge in [0.1, 0.15) is 0 Å². The molecule has 1 amide bonds. The van der Waals surface area contributed by atoms with Crippen LogP contribution in [0.25, 0.3) is 0 Å². The molecule has 3 aromatic rings. The summed E-state index contributed by atoms with van der Waals surface area (Å²) >= 11 is 5.16. The average molecular weight is 480 g/mol. The van der Waals surface area contributed by atoms with Crippen molar-refractivity contribution in [3.05, 3.63) is 77.9 Å². The predicted octanol–water partition coefficient (Wildman–Crippen LogP) is 5.10. The number of carbonyl (C=O) groups is 1. The largest absolute Gasteiger partial charge is 0.493 e. The molecular formula is C25H25N3O5S. The highest BCUT2D eigenvalue weighted by atomic mass is 32.1. The Morgan fingerprint density at radius 2 is 1.38 bits per heavy atom. The zero-order valence-electron chi connectivity index (χ0n) is 19.2. The number of thiocarbonyl (C=S) groups is 1. The third-order valence-electron chi connectivity index (χ3n) is 4.77. The molecule has 0 aliphatic heterocycles. The van der Waals surface area contributed by atoms with Gasteiger partial charge in [0.15, 0.2) is 11.5 Å². The number of anilines is 2. The Hall–Kier alpha value is -4.11. The van der Waals surface area contributed by atoms with Crippen molar-refractivity contribution in [2.75, 3.05) is 32.0 Å². The summed E-state index contributed by atoms with van der Waals surface area (Å²) in [6, 6.07) is 19.8. The van der Waals surface area contributed by atoms with Gasteiger partial charge < -0.3 is 29.7 Å². The van der Waals surface area contributed by atoms with Crippen molar-refractivity contribution in [2.45, 2.75) is 6.92 Å². The number of carbonyl (C=O) groups excluding carboxylic acids is 1. The van der Waals surface area contributed by atoms with Crippen LogP contribution in [0.5, 0.6) is 17.2 Å². The van der Waals surface area contributed by atoms with E-state index in [1.54, 1.807) is 31.2 Å². The molecule has 3 rings (SSSR count). The molecule has 0 aliphatic carbocycles. The van der Waals surface area contributed by atoms with Crippen LogP contribution in [0.3, 0.4) is 0 Å². The van der Waals surface area contributed by atoms with Crippen LogP contribution in [-0.4, -0.2) is 38.1 Å². The maximum absolute atomic E-state index is 12.8. The smallest absolute Gasteiger partial charge is 0.293 e. The van der Waals surface area contributed by atoms with Crippen LogP contribution in [0.15, 0.2) is 71.9 Å². The lowest BCUT2D eigenvalue weighted by atomic mass is 10.1. The van der Waals surface area contributed by atoms with Crippen molar-refractivity contribution in [3.63, 3.8) is 0 Å². The maximum Gasteiger partial charge on any atom is 0.293 e. The van der Waals surface area contributed by atoms with Gasteiger partial charge in [-0.05, 0) is 61.1 Å². The number of amides is 1. The Morgan fingerprint density at radius 1 is 0.794 bits per heavy atom. The van der Waals surface area contributed by atoms with Gasteiger partial charge in [-0.2, -0.15) is 0 Å². The number of methoxy groups -OCH3 is 3. The van der Waals surface area contributed by atoms with Gasteiger partial charge in [-0.15, -0.1) is 0 Å². The summed E-state index contributed by atoms with van der Waals surface area (Å²) < 4.78 is 15.9. The van der Waals surface area contributed by atoms with Crippen LogP contribution in [-0.2, 0) is 4.84 Å². The van der Waals surface area contributed by atoms with Gasteiger partial charge in [0.05, 0.1) is 27.0 Å². The number of nitrogens with zero attached hydrogens (tertiary/aromatic N) is 1. The van der Waals surface area contributed by atoms with Crippen molar-refractivity contribution in [3.8, 4) is 17.2 Å². The van der Waals surface area contributed by atoms with E-state index >= 15 is 0 Å². The first-order chi connectivity index (χ1) is 16.4. The highest BCUT2D eigenvalue weighted by molar-refractivity contribution is 7.80. The van der Waals surface area contributed by atoms with Crippen molar-refractivity contribution in [2.24, 2.45) is 5.16 Å². The molecule has 0 unspecified atom stereocenters. The lowest BCUT2D eigenvalue weighted by Crippen LogP contribution is -2.13. The number of oxime groups is 1. The van der Waals surface area contributed by atoms with E-state index in [0.29, 0.717) is 34.2 Å². The topological polar surface area (TPSA) is 90.4 Å². The fourth-order valence-corrected chi connectivity index (χ4v) is 3.19. The van der Waals surface area contributed by atoms with E-state index in [-0.39, 0.29) is 11.1 Å². The highest BCUT2D eigenvalue weighted by Gasteiger charge is 2.17. The molecule has 0 fully saturated rings. The monoisotopic (exact) mass is 479 g/mol. The van der Waals surface area contributed by atoms with E-state index in [1.165, 1.54) is 21.3 Å². The molecule has 0 bridgehead atoms. The summed E-state index contributed by atoms with van der Waals surface area (Å²) in [7, 11) is 4.50. The molecule has 0 aromatic heterocycles. The van der Waals surface area contributed by atoms with Crippen LogP contribution in [0.1, 0.15) is 22.8 Å². The summed E-state index contributed by atoms with van der Waals surface area (Å²) in [4.78, 5) is 18.1. The van der Waals surface area contributed by atoms with Gasteiger partial charge in [0.25, 0.3) is 11.1 Å². The van der Waals surface area contributed by atoms with Gasteiger partial charge in [-0.1, -0.05) is 35.5 Å². The fraction of sp³-hybridized carbons (Fsp3) is 0.160. The molecule has 3 aromatic carbocycles. The summed E-state index contributed by atoms with van der Waals surface area (Å²) in [5.74, 6) is 0.891. The third-order valence-corrected chi connectivity index (χ3v) is 4.95. The molecule has 0 saturated heterocycles. The summed E-state index contributed by atoms with van der Waals surface area (Å²) in [6.45, 7) is 1.80. The van der Waals surface area contributed by atoms with E-state index < -0.39 is 0 Å². The zero-order valence-corrected chi connectivity index (χ0v) is 20.1. The highest BCUT2D eigenvalue weighted by Crippen LogP contribution is 2.38. The number of rotatable bonds is 8. The first kappa shape index (κ1) is 24.5. The first-order valence-electron chi connectivity index (χ1n) is 10.2. The molecule has 2 N–H and O–H groups in total. The Balaban J connectivity index is 1.64. The van der Waals surface area contributed by atoms with E-state index in [0.717, 1.165) is 11.3 Å². The van der Waals surface area contributed by atoms with Crippen molar-refractivity contribution >= 4 is 40.4 Å². The second-order valence-corrected chi connectivity index (χ2v) is 7.36. The Bertz CT molecular complexity index is 1160. The Morgan fingerprint density at radius 3 is 1.94 bits per heavy atom. The van der Waals surface area contributed by atoms with Crippen molar-refractivity contribution in [1.82, 2.24) is 0 Å². The molecule has 0 spiro atoms. The Kier molecular flexibility index (Phi) is 8.42. The standard InChI is InChI=1S/C25H25N3O5S/c1-16(28-33-25(34)27-19-8-6-5-7-9-19)17-10-12-20(13-11-17)26-24(29)18-14-21(30-2)23(32-4)22(15-18)31-3/h5-15H,1-4H3,(H,26,29)(H,27,34)/b28-16+. The van der Waals surface area contributed by atoms with Gasteiger partial charge in [0, 0.05) is 16.9 Å². The second kappa shape index (κ2) is 11.7. The molecule has 0 aliphatic rings. The number of benzene rings is 3. The molecule has 34 heavy (non-hydrogen) atoms. The number of ether oxygens (including phenoxy) is 3. The normalized spacial score (nSPS) is 10.8. The maximum atomic E-state index is 12.8. The number of hydrogen-bond acceptors (Lipinski definition) is 7.